The minimum absolute atomic E-state index is 0.123. The molecule has 2 aliphatic heterocycles. The van der Waals surface area contributed by atoms with E-state index in [4.69, 9.17) is 0 Å². The van der Waals surface area contributed by atoms with Crippen molar-refractivity contribution in [1.82, 2.24) is 30.3 Å². The fourth-order valence-electron chi connectivity index (χ4n) is 6.24. The molecule has 0 aliphatic carbocycles. The van der Waals surface area contributed by atoms with Crippen LogP contribution in [0.3, 0.4) is 0 Å². The highest BCUT2D eigenvalue weighted by atomic mass is 16.3. The lowest BCUT2D eigenvalue weighted by Crippen LogP contribution is -2.54. The number of para-hydroxylation sites is 1. The van der Waals surface area contributed by atoms with E-state index >= 15 is 0 Å². The van der Waals surface area contributed by atoms with Gasteiger partial charge < -0.3 is 30.3 Å². The Morgan fingerprint density at radius 1 is 1.00 bits per heavy atom. The molecule has 2 saturated heterocycles. The molecule has 0 unspecified atom stereocenters. The maximum absolute atomic E-state index is 13.0. The molecule has 0 saturated carbocycles. The summed E-state index contributed by atoms with van der Waals surface area (Å²) in [5, 5.41) is 32.5. The lowest BCUT2D eigenvalue weighted by molar-refractivity contribution is -0.139. The van der Waals surface area contributed by atoms with Gasteiger partial charge in [0.05, 0.1) is 11.8 Å². The Balaban J connectivity index is 0.987. The van der Waals surface area contributed by atoms with Gasteiger partial charge in [-0.3, -0.25) is 14.4 Å². The van der Waals surface area contributed by atoms with Crippen LogP contribution < -0.4 is 5.32 Å². The Hall–Kier alpha value is -3.99. The molecule has 4 N–H and O–H groups in total. The highest BCUT2D eigenvalue weighted by Crippen LogP contribution is 2.35. The highest BCUT2D eigenvalue weighted by molar-refractivity contribution is 5.88. The van der Waals surface area contributed by atoms with E-state index in [0.29, 0.717) is 62.3 Å². The minimum atomic E-state index is -0.617. The van der Waals surface area contributed by atoms with Crippen molar-refractivity contribution in [2.45, 2.75) is 90.2 Å². The molecule has 242 valence electrons. The number of rotatable bonds is 12. The van der Waals surface area contributed by atoms with Gasteiger partial charge in [0, 0.05) is 62.1 Å². The highest BCUT2D eigenvalue weighted by Gasteiger charge is 2.38. The first-order chi connectivity index (χ1) is 21.5. The second-order valence-electron chi connectivity index (χ2n) is 13.6. The van der Waals surface area contributed by atoms with Crippen molar-refractivity contribution in [2.24, 2.45) is 5.41 Å². The van der Waals surface area contributed by atoms with Crippen LogP contribution in [0.1, 0.15) is 83.6 Å². The number of H-pyrrole nitrogens is 1. The monoisotopic (exact) mass is 618 g/mol. The second kappa shape index (κ2) is 14.0. The van der Waals surface area contributed by atoms with Gasteiger partial charge in [-0.25, -0.2) is 0 Å². The molecule has 0 radical (unpaired) electrons. The van der Waals surface area contributed by atoms with Gasteiger partial charge in [0.2, 0.25) is 17.7 Å². The minimum Gasteiger partial charge on any atom is -0.507 e. The quantitative estimate of drug-likeness (QED) is 0.223. The standard InChI is InChI=1S/C34H46N6O5/c1-34(2,3)31(33(45)39-16-15-23(41)21-39)36-29(43)13-7-5-4-6-8-14-30(44)40-19-22(20-40)26-18-35-32-25(26)17-27(37-38-32)24-11-9-10-12-28(24)42/h9-12,17-18,22-23,31,41-42H,4-8,13-16,19-21H2,1-3H3,(H,35,38)(H,36,43)/t23-,31-/m1/s1. The second-order valence-corrected chi connectivity index (χ2v) is 13.6. The molecule has 11 nitrogen and oxygen atoms in total. The largest absolute Gasteiger partial charge is 0.507 e. The summed E-state index contributed by atoms with van der Waals surface area (Å²) in [7, 11) is 0. The number of phenols is 1. The number of aliphatic hydroxyl groups excluding tert-OH is 1. The number of aromatic hydroxyl groups is 1. The molecule has 45 heavy (non-hydrogen) atoms. The molecule has 0 spiro atoms. The van der Waals surface area contributed by atoms with Gasteiger partial charge in [0.1, 0.15) is 11.8 Å². The van der Waals surface area contributed by atoms with Crippen LogP contribution in [0.2, 0.25) is 0 Å². The predicted octanol–water partition coefficient (Wildman–Crippen LogP) is 4.11. The third-order valence-corrected chi connectivity index (χ3v) is 9.01. The number of phenolic OH excluding ortho intramolecular Hbond substituents is 1. The van der Waals surface area contributed by atoms with Gasteiger partial charge in [-0.1, -0.05) is 52.2 Å². The number of carbonyl (C=O) groups excluding carboxylic acids is 3. The number of hydrogen-bond donors (Lipinski definition) is 4. The molecule has 3 aromatic rings. The Bertz CT molecular complexity index is 1510. The molecule has 5 rings (SSSR count). The Morgan fingerprint density at radius 2 is 1.71 bits per heavy atom. The van der Waals surface area contributed by atoms with E-state index in [1.807, 2.05) is 50.1 Å². The van der Waals surface area contributed by atoms with Crippen molar-refractivity contribution < 1.29 is 24.6 Å². The molecule has 1 aromatic carbocycles. The van der Waals surface area contributed by atoms with Crippen molar-refractivity contribution >= 4 is 28.8 Å². The number of unbranched alkanes of at least 4 members (excludes halogenated alkanes) is 4. The van der Waals surface area contributed by atoms with E-state index < -0.39 is 17.6 Å². The van der Waals surface area contributed by atoms with Crippen molar-refractivity contribution in [1.29, 1.82) is 0 Å². The fraction of sp³-hybridized carbons (Fsp3) is 0.559. The molecule has 2 atom stereocenters. The topological polar surface area (TPSA) is 152 Å². The van der Waals surface area contributed by atoms with Crippen LogP contribution in [0.5, 0.6) is 5.75 Å². The van der Waals surface area contributed by atoms with Crippen molar-refractivity contribution in [2.75, 3.05) is 26.2 Å². The SMILES string of the molecule is CC(C)(C)[C@H](NC(=O)CCCCCCCC(=O)N1CC(c2c[nH]c3nnc(-c4ccccc4O)cc23)C1)C(=O)N1CC[C@@H](O)C1. The summed E-state index contributed by atoms with van der Waals surface area (Å²) in [6, 6.07) is 8.39. The number of aliphatic hydroxyl groups is 1. The molecule has 2 aliphatic rings. The fourth-order valence-corrected chi connectivity index (χ4v) is 6.24. The van der Waals surface area contributed by atoms with Crippen LogP contribution in [-0.4, -0.2) is 91.2 Å². The molecular formula is C34H46N6O5. The maximum atomic E-state index is 13.0. The Labute approximate surface area is 264 Å². The number of aromatic amines is 1. The molecule has 2 fully saturated rings. The Morgan fingerprint density at radius 3 is 2.40 bits per heavy atom. The first-order valence-corrected chi connectivity index (χ1v) is 16.2. The van der Waals surface area contributed by atoms with E-state index in [-0.39, 0.29) is 29.4 Å². The van der Waals surface area contributed by atoms with E-state index in [9.17, 15) is 24.6 Å². The van der Waals surface area contributed by atoms with E-state index in [1.54, 1.807) is 17.0 Å². The van der Waals surface area contributed by atoms with Crippen molar-refractivity contribution in [3.63, 3.8) is 0 Å². The number of hydrogen-bond acceptors (Lipinski definition) is 7. The Kier molecular flexibility index (Phi) is 10.1. The van der Waals surface area contributed by atoms with Gasteiger partial charge in [-0.2, -0.15) is 0 Å². The summed E-state index contributed by atoms with van der Waals surface area (Å²) in [5.74, 6) is 0.308. The molecule has 2 aromatic heterocycles. The third kappa shape index (κ3) is 7.81. The summed E-state index contributed by atoms with van der Waals surface area (Å²) in [4.78, 5) is 45.2. The number of amides is 3. The van der Waals surface area contributed by atoms with Gasteiger partial charge in [0.25, 0.3) is 0 Å². The first kappa shape index (κ1) is 32.4. The van der Waals surface area contributed by atoms with Crippen LogP contribution in [0.4, 0.5) is 0 Å². The molecule has 11 heteroatoms. The van der Waals surface area contributed by atoms with Gasteiger partial charge in [0.15, 0.2) is 5.65 Å². The van der Waals surface area contributed by atoms with E-state index in [1.165, 1.54) is 0 Å². The van der Waals surface area contributed by atoms with Crippen LogP contribution in [0.15, 0.2) is 36.5 Å². The van der Waals surface area contributed by atoms with E-state index in [2.05, 4.69) is 20.5 Å². The summed E-state index contributed by atoms with van der Waals surface area (Å²) in [6.07, 6.45) is 7.25. The zero-order chi connectivity index (χ0) is 32.1. The van der Waals surface area contributed by atoms with Crippen LogP contribution in [-0.2, 0) is 14.4 Å². The first-order valence-electron chi connectivity index (χ1n) is 16.2. The van der Waals surface area contributed by atoms with Crippen molar-refractivity contribution in [3.8, 4) is 17.0 Å². The lowest BCUT2D eigenvalue weighted by atomic mass is 9.85. The molecule has 4 heterocycles. The molecule has 3 amide bonds. The summed E-state index contributed by atoms with van der Waals surface area (Å²) in [6.45, 7) is 8.01. The van der Waals surface area contributed by atoms with Crippen LogP contribution in [0, 0.1) is 5.41 Å². The number of aromatic nitrogens is 3. The van der Waals surface area contributed by atoms with E-state index in [0.717, 1.165) is 43.1 Å². The smallest absolute Gasteiger partial charge is 0.245 e. The van der Waals surface area contributed by atoms with Crippen molar-refractivity contribution in [3.05, 3.63) is 42.1 Å². The van der Waals surface area contributed by atoms with Crippen LogP contribution >= 0.6 is 0 Å². The predicted molar refractivity (Wildman–Crippen MR) is 171 cm³/mol. The number of benzene rings is 1. The summed E-state index contributed by atoms with van der Waals surface area (Å²) in [5.41, 5.74) is 2.62. The summed E-state index contributed by atoms with van der Waals surface area (Å²) >= 11 is 0. The average molecular weight is 619 g/mol. The maximum Gasteiger partial charge on any atom is 0.245 e. The lowest BCUT2D eigenvalue weighted by Gasteiger charge is -2.39. The van der Waals surface area contributed by atoms with Gasteiger partial charge in [-0.05, 0) is 48.4 Å². The summed E-state index contributed by atoms with van der Waals surface area (Å²) < 4.78 is 0. The van der Waals surface area contributed by atoms with Gasteiger partial charge >= 0.3 is 0 Å². The normalized spacial score (nSPS) is 17.8. The number of fused-ring (bicyclic) bond motifs is 1. The third-order valence-electron chi connectivity index (χ3n) is 9.01. The number of nitrogens with zero attached hydrogens (tertiary/aromatic N) is 4. The number of nitrogens with one attached hydrogen (secondary N) is 2. The molecular weight excluding hydrogens is 572 g/mol. The zero-order valence-electron chi connectivity index (χ0n) is 26.6. The zero-order valence-corrected chi connectivity index (χ0v) is 26.6. The molecule has 0 bridgehead atoms. The number of carbonyl (C=O) groups is 3. The van der Waals surface area contributed by atoms with Crippen LogP contribution in [0.25, 0.3) is 22.3 Å². The number of likely N-dealkylation sites (tertiary alicyclic amines) is 2. The number of β-amino-alcohol motifs (C(OH)–C–C–N with tert-alkyl or cyclic N) is 1. The van der Waals surface area contributed by atoms with Gasteiger partial charge in [-0.15, -0.1) is 10.2 Å². The average Bonchev–Trinajstić information content (AvgIpc) is 3.60.